The zero-order chi connectivity index (χ0) is 7.28. The molecule has 0 aromatic carbocycles. The number of nitrogens with zero attached hydrogens (tertiary/aromatic N) is 1. The molecule has 0 aliphatic carbocycles. The van der Waals surface area contributed by atoms with Crippen LogP contribution in [0.1, 0.15) is 33.6 Å². The fraction of sp³-hybridized carbons (Fsp3) is 0.857. The molecule has 1 N–H and O–H groups in total. The summed E-state index contributed by atoms with van der Waals surface area (Å²) in [6.45, 7) is 6.16. The largest absolute Gasteiger partial charge is 0.411 e. The van der Waals surface area contributed by atoms with Gasteiger partial charge < -0.3 is 5.21 Å². The normalized spacial score (nSPS) is 15.7. The van der Waals surface area contributed by atoms with Gasteiger partial charge in [-0.2, -0.15) is 0 Å². The molecule has 9 heavy (non-hydrogen) atoms. The highest BCUT2D eigenvalue weighted by molar-refractivity contribution is 5.85. The average Bonchev–Trinajstić information content (AvgIpc) is 1.90. The van der Waals surface area contributed by atoms with Crippen LogP contribution in [-0.4, -0.2) is 10.9 Å². The molecule has 2 nitrogen and oxygen atoms in total. The summed E-state index contributed by atoms with van der Waals surface area (Å²) in [7, 11) is 0. The van der Waals surface area contributed by atoms with Gasteiger partial charge in [0.05, 0.1) is 5.71 Å². The first-order valence-corrected chi connectivity index (χ1v) is 3.47. The van der Waals surface area contributed by atoms with Gasteiger partial charge in [-0.3, -0.25) is 0 Å². The summed E-state index contributed by atoms with van der Waals surface area (Å²) >= 11 is 0. The van der Waals surface area contributed by atoms with E-state index >= 15 is 0 Å². The van der Waals surface area contributed by atoms with Crippen molar-refractivity contribution in [2.24, 2.45) is 11.1 Å². The average molecular weight is 129 g/mol. The third-order valence-electron chi connectivity index (χ3n) is 1.67. The summed E-state index contributed by atoms with van der Waals surface area (Å²) in [6, 6.07) is 0. The third-order valence-corrected chi connectivity index (χ3v) is 1.67. The number of rotatable bonds is 3. The summed E-state index contributed by atoms with van der Waals surface area (Å²) in [5, 5.41) is 11.6. The minimum atomic E-state index is 0.431. The molecule has 0 saturated heterocycles. The molecule has 0 spiro atoms. The van der Waals surface area contributed by atoms with Crippen LogP contribution in [0.2, 0.25) is 0 Å². The lowest BCUT2D eigenvalue weighted by molar-refractivity contribution is 0.313. The Hall–Kier alpha value is -0.530. The lowest BCUT2D eigenvalue weighted by Gasteiger charge is -2.06. The third kappa shape index (κ3) is 2.49. The lowest BCUT2D eigenvalue weighted by Crippen LogP contribution is -2.08. The molecular formula is C7H15NO. The molecule has 0 rings (SSSR count). The van der Waals surface area contributed by atoms with Crippen molar-refractivity contribution in [2.45, 2.75) is 33.6 Å². The van der Waals surface area contributed by atoms with E-state index < -0.39 is 0 Å². The number of hydrogen-bond donors (Lipinski definition) is 1. The van der Waals surface area contributed by atoms with E-state index in [1.807, 2.05) is 6.92 Å². The first-order chi connectivity index (χ1) is 4.26. The minimum absolute atomic E-state index is 0.431. The Kier molecular flexibility index (Phi) is 4.10. The van der Waals surface area contributed by atoms with Crippen LogP contribution in [-0.2, 0) is 0 Å². The quantitative estimate of drug-likeness (QED) is 0.354. The standard InChI is InChI=1S/C7H15NO/c1-4-6(3)7(5-2)8-9/h6,9H,4-5H2,1-3H3. The minimum Gasteiger partial charge on any atom is -0.411 e. The van der Waals surface area contributed by atoms with Crippen LogP contribution in [0.15, 0.2) is 5.16 Å². The van der Waals surface area contributed by atoms with Gasteiger partial charge in [0.15, 0.2) is 0 Å². The Morgan fingerprint density at radius 2 is 2.11 bits per heavy atom. The molecule has 0 fully saturated rings. The van der Waals surface area contributed by atoms with Crippen molar-refractivity contribution in [3.05, 3.63) is 0 Å². The van der Waals surface area contributed by atoms with Crippen molar-refractivity contribution >= 4 is 5.71 Å². The second kappa shape index (κ2) is 4.36. The zero-order valence-corrected chi connectivity index (χ0v) is 6.39. The molecule has 0 aromatic heterocycles. The van der Waals surface area contributed by atoms with Crippen LogP contribution in [0.4, 0.5) is 0 Å². The lowest BCUT2D eigenvalue weighted by atomic mass is 10.0. The van der Waals surface area contributed by atoms with E-state index in [0.717, 1.165) is 18.6 Å². The van der Waals surface area contributed by atoms with E-state index in [1.54, 1.807) is 0 Å². The van der Waals surface area contributed by atoms with E-state index in [2.05, 4.69) is 19.0 Å². The van der Waals surface area contributed by atoms with Crippen LogP contribution in [0.5, 0.6) is 0 Å². The molecular weight excluding hydrogens is 114 g/mol. The van der Waals surface area contributed by atoms with Gasteiger partial charge in [0.25, 0.3) is 0 Å². The van der Waals surface area contributed by atoms with Crippen molar-refractivity contribution in [3.8, 4) is 0 Å². The highest BCUT2D eigenvalue weighted by Crippen LogP contribution is 2.05. The summed E-state index contributed by atoms with van der Waals surface area (Å²) in [5.41, 5.74) is 0.900. The maximum Gasteiger partial charge on any atom is 0.0596 e. The van der Waals surface area contributed by atoms with Crippen LogP contribution in [0.3, 0.4) is 0 Å². The topological polar surface area (TPSA) is 32.6 Å². The van der Waals surface area contributed by atoms with Gasteiger partial charge >= 0.3 is 0 Å². The molecule has 2 heteroatoms. The van der Waals surface area contributed by atoms with Gasteiger partial charge in [0.1, 0.15) is 0 Å². The molecule has 0 bridgehead atoms. The molecule has 0 aliphatic heterocycles. The Bertz CT molecular complexity index is 99.1. The Labute approximate surface area is 56.6 Å². The molecule has 0 amide bonds. The van der Waals surface area contributed by atoms with Crippen LogP contribution in [0, 0.1) is 5.92 Å². The molecule has 0 aromatic rings. The predicted octanol–water partition coefficient (Wildman–Crippen LogP) is 2.27. The Morgan fingerprint density at radius 3 is 2.22 bits per heavy atom. The monoisotopic (exact) mass is 129 g/mol. The second-order valence-electron chi connectivity index (χ2n) is 2.25. The summed E-state index contributed by atoms with van der Waals surface area (Å²) < 4.78 is 0. The van der Waals surface area contributed by atoms with E-state index in [4.69, 9.17) is 5.21 Å². The van der Waals surface area contributed by atoms with Gasteiger partial charge in [0, 0.05) is 0 Å². The fourth-order valence-corrected chi connectivity index (χ4v) is 0.753. The van der Waals surface area contributed by atoms with E-state index in [-0.39, 0.29) is 0 Å². The highest BCUT2D eigenvalue weighted by atomic mass is 16.4. The van der Waals surface area contributed by atoms with Crippen molar-refractivity contribution in [1.82, 2.24) is 0 Å². The first kappa shape index (κ1) is 8.47. The van der Waals surface area contributed by atoms with Gasteiger partial charge in [-0.05, 0) is 18.8 Å². The molecule has 1 unspecified atom stereocenters. The van der Waals surface area contributed by atoms with Gasteiger partial charge in [-0.15, -0.1) is 0 Å². The molecule has 0 heterocycles. The predicted molar refractivity (Wildman–Crippen MR) is 39.0 cm³/mol. The zero-order valence-electron chi connectivity index (χ0n) is 6.39. The number of oxime groups is 1. The van der Waals surface area contributed by atoms with Gasteiger partial charge in [-0.25, -0.2) is 0 Å². The van der Waals surface area contributed by atoms with E-state index in [9.17, 15) is 0 Å². The SMILES string of the molecule is CCC(=NO)C(C)CC. The summed E-state index contributed by atoms with van der Waals surface area (Å²) in [4.78, 5) is 0. The van der Waals surface area contributed by atoms with Crippen molar-refractivity contribution < 1.29 is 5.21 Å². The molecule has 0 radical (unpaired) electrons. The molecule has 54 valence electrons. The second-order valence-corrected chi connectivity index (χ2v) is 2.25. The highest BCUT2D eigenvalue weighted by Gasteiger charge is 2.04. The maximum absolute atomic E-state index is 8.42. The first-order valence-electron chi connectivity index (χ1n) is 3.47. The van der Waals surface area contributed by atoms with Crippen LogP contribution >= 0.6 is 0 Å². The Morgan fingerprint density at radius 1 is 1.56 bits per heavy atom. The Balaban J connectivity index is 3.80. The van der Waals surface area contributed by atoms with Crippen molar-refractivity contribution in [2.75, 3.05) is 0 Å². The number of hydrogen-bond acceptors (Lipinski definition) is 2. The van der Waals surface area contributed by atoms with Crippen LogP contribution < -0.4 is 0 Å². The smallest absolute Gasteiger partial charge is 0.0596 e. The summed E-state index contributed by atoms with van der Waals surface area (Å²) in [6.07, 6.45) is 1.90. The fourth-order valence-electron chi connectivity index (χ4n) is 0.753. The molecule has 0 saturated carbocycles. The van der Waals surface area contributed by atoms with E-state index in [1.165, 1.54) is 0 Å². The van der Waals surface area contributed by atoms with Crippen molar-refractivity contribution in [3.63, 3.8) is 0 Å². The van der Waals surface area contributed by atoms with E-state index in [0.29, 0.717) is 5.92 Å². The molecule has 0 aliphatic rings. The van der Waals surface area contributed by atoms with Gasteiger partial charge in [0.2, 0.25) is 0 Å². The molecule has 1 atom stereocenters. The maximum atomic E-state index is 8.42. The van der Waals surface area contributed by atoms with Crippen LogP contribution in [0.25, 0.3) is 0 Å². The summed E-state index contributed by atoms with van der Waals surface area (Å²) in [5.74, 6) is 0.431. The van der Waals surface area contributed by atoms with Crippen molar-refractivity contribution in [1.29, 1.82) is 0 Å². The van der Waals surface area contributed by atoms with Gasteiger partial charge in [-0.1, -0.05) is 25.9 Å².